The van der Waals surface area contributed by atoms with Gasteiger partial charge in [0.2, 0.25) is 0 Å². The summed E-state index contributed by atoms with van der Waals surface area (Å²) in [5.41, 5.74) is 1.30. The van der Waals surface area contributed by atoms with Gasteiger partial charge >= 0.3 is 0 Å². The summed E-state index contributed by atoms with van der Waals surface area (Å²) in [6.07, 6.45) is 0.189. The van der Waals surface area contributed by atoms with Gasteiger partial charge in [0.15, 0.2) is 0 Å². The fraction of sp³-hybridized carbons (Fsp3) is 0.375. The summed E-state index contributed by atoms with van der Waals surface area (Å²) in [6, 6.07) is 15.0. The summed E-state index contributed by atoms with van der Waals surface area (Å²) in [5, 5.41) is 6.01. The zero-order valence-electron chi connectivity index (χ0n) is 11.0. The third kappa shape index (κ3) is 3.32. The highest BCUT2D eigenvalue weighted by Crippen LogP contribution is 2.15. The van der Waals surface area contributed by atoms with E-state index in [1.807, 2.05) is 0 Å². The second-order valence-electron chi connectivity index (χ2n) is 4.88. The fourth-order valence-corrected chi connectivity index (χ4v) is 2.38. The molecule has 0 saturated carbocycles. The smallest absolute Gasteiger partial charge is 0.0933 e. The molecule has 0 spiro atoms. The largest absolute Gasteiger partial charge is 0.376 e. The van der Waals surface area contributed by atoms with Gasteiger partial charge in [-0.25, -0.2) is 0 Å². The first-order valence-corrected chi connectivity index (χ1v) is 6.79. The SMILES string of the molecule is c1ccc2cc(CNCC3COCCO3)ccc2c1. The molecule has 3 heteroatoms. The number of rotatable bonds is 4. The minimum absolute atomic E-state index is 0.189. The van der Waals surface area contributed by atoms with E-state index >= 15 is 0 Å². The molecule has 100 valence electrons. The van der Waals surface area contributed by atoms with Gasteiger partial charge in [0.1, 0.15) is 0 Å². The van der Waals surface area contributed by atoms with Crippen LogP contribution in [-0.2, 0) is 16.0 Å². The number of ether oxygens (including phenoxy) is 2. The van der Waals surface area contributed by atoms with E-state index in [4.69, 9.17) is 9.47 Å². The molecular formula is C16H19NO2. The van der Waals surface area contributed by atoms with E-state index in [2.05, 4.69) is 47.8 Å². The molecule has 1 unspecified atom stereocenters. The molecule has 1 atom stereocenters. The van der Waals surface area contributed by atoms with Crippen LogP contribution < -0.4 is 5.32 Å². The zero-order chi connectivity index (χ0) is 12.9. The van der Waals surface area contributed by atoms with Gasteiger partial charge in [-0.3, -0.25) is 0 Å². The molecule has 3 nitrogen and oxygen atoms in total. The molecular weight excluding hydrogens is 238 g/mol. The summed E-state index contributed by atoms with van der Waals surface area (Å²) >= 11 is 0. The molecule has 0 radical (unpaired) electrons. The van der Waals surface area contributed by atoms with Crippen LogP contribution in [0.4, 0.5) is 0 Å². The van der Waals surface area contributed by atoms with Crippen LogP contribution in [0.25, 0.3) is 10.8 Å². The minimum atomic E-state index is 0.189. The minimum Gasteiger partial charge on any atom is -0.376 e. The second kappa shape index (κ2) is 6.15. The molecule has 0 amide bonds. The van der Waals surface area contributed by atoms with Crippen molar-refractivity contribution in [2.75, 3.05) is 26.4 Å². The normalized spacial score (nSPS) is 19.7. The van der Waals surface area contributed by atoms with E-state index in [1.54, 1.807) is 0 Å². The molecule has 0 bridgehead atoms. The van der Waals surface area contributed by atoms with Gasteiger partial charge in [0.05, 0.1) is 25.9 Å². The van der Waals surface area contributed by atoms with Gasteiger partial charge in [0.25, 0.3) is 0 Å². The van der Waals surface area contributed by atoms with Crippen molar-refractivity contribution in [3.05, 3.63) is 48.0 Å². The van der Waals surface area contributed by atoms with Crippen LogP contribution in [-0.4, -0.2) is 32.5 Å². The molecule has 1 fully saturated rings. The zero-order valence-corrected chi connectivity index (χ0v) is 11.0. The number of fused-ring (bicyclic) bond motifs is 1. The van der Waals surface area contributed by atoms with Crippen LogP contribution in [0, 0.1) is 0 Å². The molecule has 0 aliphatic carbocycles. The van der Waals surface area contributed by atoms with Gasteiger partial charge in [-0.15, -0.1) is 0 Å². The van der Waals surface area contributed by atoms with Gasteiger partial charge in [0, 0.05) is 13.1 Å². The van der Waals surface area contributed by atoms with Crippen molar-refractivity contribution in [1.29, 1.82) is 0 Å². The Hall–Kier alpha value is -1.42. The lowest BCUT2D eigenvalue weighted by molar-refractivity contribution is -0.0864. The van der Waals surface area contributed by atoms with Crippen LogP contribution in [0.3, 0.4) is 0 Å². The van der Waals surface area contributed by atoms with E-state index in [9.17, 15) is 0 Å². The van der Waals surface area contributed by atoms with E-state index in [0.29, 0.717) is 13.2 Å². The van der Waals surface area contributed by atoms with Crippen LogP contribution >= 0.6 is 0 Å². The first-order chi connectivity index (χ1) is 9.42. The number of hydrogen-bond acceptors (Lipinski definition) is 3. The highest BCUT2D eigenvalue weighted by atomic mass is 16.6. The first kappa shape index (κ1) is 12.6. The van der Waals surface area contributed by atoms with Crippen molar-refractivity contribution < 1.29 is 9.47 Å². The topological polar surface area (TPSA) is 30.5 Å². The van der Waals surface area contributed by atoms with Gasteiger partial charge < -0.3 is 14.8 Å². The van der Waals surface area contributed by atoms with Crippen LogP contribution in [0.2, 0.25) is 0 Å². The molecule has 1 aliphatic heterocycles. The Labute approximate surface area is 113 Å². The molecule has 1 aliphatic rings. The molecule has 19 heavy (non-hydrogen) atoms. The van der Waals surface area contributed by atoms with E-state index in [-0.39, 0.29) is 6.10 Å². The standard InChI is InChI=1S/C16H19NO2/c1-2-4-15-9-13(5-6-14(15)3-1)10-17-11-16-12-18-7-8-19-16/h1-6,9,16-17H,7-8,10-12H2. The van der Waals surface area contributed by atoms with Crippen LogP contribution in [0.1, 0.15) is 5.56 Å². The highest BCUT2D eigenvalue weighted by molar-refractivity contribution is 5.82. The number of hydrogen-bond donors (Lipinski definition) is 1. The Morgan fingerprint density at radius 3 is 2.79 bits per heavy atom. The summed E-state index contributed by atoms with van der Waals surface area (Å²) in [7, 11) is 0. The molecule has 2 aromatic rings. The van der Waals surface area contributed by atoms with Gasteiger partial charge in [-0.05, 0) is 22.4 Å². The summed E-state index contributed by atoms with van der Waals surface area (Å²) in [6.45, 7) is 3.84. The molecule has 1 saturated heterocycles. The average Bonchev–Trinajstić information content (AvgIpc) is 2.48. The molecule has 1 heterocycles. The van der Waals surface area contributed by atoms with Crippen molar-refractivity contribution in [3.8, 4) is 0 Å². The maximum atomic E-state index is 5.60. The third-order valence-electron chi connectivity index (χ3n) is 3.40. The molecule has 3 rings (SSSR count). The quantitative estimate of drug-likeness (QED) is 0.912. The Morgan fingerprint density at radius 2 is 1.95 bits per heavy atom. The van der Waals surface area contributed by atoms with Crippen molar-refractivity contribution in [2.24, 2.45) is 0 Å². The lowest BCUT2D eigenvalue weighted by Gasteiger charge is -2.23. The van der Waals surface area contributed by atoms with Crippen LogP contribution in [0.5, 0.6) is 0 Å². The van der Waals surface area contributed by atoms with E-state index in [1.165, 1.54) is 16.3 Å². The molecule has 0 aromatic heterocycles. The summed E-state index contributed by atoms with van der Waals surface area (Å²) < 4.78 is 11.0. The Balaban J connectivity index is 1.56. The Morgan fingerprint density at radius 1 is 1.05 bits per heavy atom. The Bertz CT molecular complexity index is 535. The second-order valence-corrected chi connectivity index (χ2v) is 4.88. The van der Waals surface area contributed by atoms with Gasteiger partial charge in [-0.2, -0.15) is 0 Å². The molecule has 2 aromatic carbocycles. The van der Waals surface area contributed by atoms with Gasteiger partial charge in [-0.1, -0.05) is 36.4 Å². The van der Waals surface area contributed by atoms with Crippen LogP contribution in [0.15, 0.2) is 42.5 Å². The molecule has 1 N–H and O–H groups in total. The maximum absolute atomic E-state index is 5.60. The first-order valence-electron chi connectivity index (χ1n) is 6.79. The predicted octanol–water partition coefficient (Wildman–Crippen LogP) is 2.34. The van der Waals surface area contributed by atoms with Crippen molar-refractivity contribution in [1.82, 2.24) is 5.32 Å². The van der Waals surface area contributed by atoms with E-state index < -0.39 is 0 Å². The average molecular weight is 257 g/mol. The predicted molar refractivity (Wildman–Crippen MR) is 76.2 cm³/mol. The summed E-state index contributed by atoms with van der Waals surface area (Å²) in [4.78, 5) is 0. The third-order valence-corrected chi connectivity index (χ3v) is 3.40. The monoisotopic (exact) mass is 257 g/mol. The number of nitrogens with one attached hydrogen (secondary N) is 1. The lowest BCUT2D eigenvalue weighted by Crippen LogP contribution is -2.37. The van der Waals surface area contributed by atoms with Crippen molar-refractivity contribution in [2.45, 2.75) is 12.6 Å². The van der Waals surface area contributed by atoms with E-state index in [0.717, 1.165) is 19.7 Å². The summed E-state index contributed by atoms with van der Waals surface area (Å²) in [5.74, 6) is 0. The number of benzene rings is 2. The Kier molecular flexibility index (Phi) is 4.08. The fourth-order valence-electron chi connectivity index (χ4n) is 2.38. The highest BCUT2D eigenvalue weighted by Gasteiger charge is 2.13. The van der Waals surface area contributed by atoms with Crippen molar-refractivity contribution in [3.63, 3.8) is 0 Å². The van der Waals surface area contributed by atoms with Crippen molar-refractivity contribution >= 4 is 10.8 Å². The lowest BCUT2D eigenvalue weighted by atomic mass is 10.1. The maximum Gasteiger partial charge on any atom is 0.0933 e.